The summed E-state index contributed by atoms with van der Waals surface area (Å²) < 4.78 is 4.71. The summed E-state index contributed by atoms with van der Waals surface area (Å²) in [6, 6.07) is 3.54. The summed E-state index contributed by atoms with van der Waals surface area (Å²) in [5.41, 5.74) is 8.15. The SMILES string of the molecule is CCN(CC(=O)NC)c1ccc(N)c2nonc12. The highest BCUT2D eigenvalue weighted by Gasteiger charge is 2.16. The third kappa shape index (κ3) is 2.06. The summed E-state index contributed by atoms with van der Waals surface area (Å²) in [5, 5.41) is 10.2. The molecule has 0 fully saturated rings. The molecule has 2 aromatic rings. The van der Waals surface area contributed by atoms with Crippen molar-refractivity contribution in [1.82, 2.24) is 15.6 Å². The number of amides is 1. The number of hydrogen-bond acceptors (Lipinski definition) is 6. The molecule has 1 amide bonds. The first-order chi connectivity index (χ1) is 8.67. The highest BCUT2D eigenvalue weighted by atomic mass is 16.6. The van der Waals surface area contributed by atoms with E-state index in [9.17, 15) is 4.79 Å². The monoisotopic (exact) mass is 249 g/mol. The van der Waals surface area contributed by atoms with E-state index in [4.69, 9.17) is 10.4 Å². The zero-order chi connectivity index (χ0) is 13.1. The van der Waals surface area contributed by atoms with Crippen LogP contribution in [0.4, 0.5) is 11.4 Å². The number of aromatic nitrogens is 2. The minimum atomic E-state index is -0.0710. The maximum atomic E-state index is 11.5. The van der Waals surface area contributed by atoms with E-state index >= 15 is 0 Å². The number of hydrogen-bond donors (Lipinski definition) is 2. The van der Waals surface area contributed by atoms with Gasteiger partial charge >= 0.3 is 0 Å². The first-order valence-corrected chi connectivity index (χ1v) is 5.63. The normalized spacial score (nSPS) is 10.6. The fourth-order valence-electron chi connectivity index (χ4n) is 1.75. The van der Waals surface area contributed by atoms with Crippen LogP contribution in [-0.4, -0.2) is 36.4 Å². The molecule has 1 heterocycles. The highest BCUT2D eigenvalue weighted by molar-refractivity contribution is 5.96. The van der Waals surface area contributed by atoms with E-state index in [2.05, 4.69) is 15.6 Å². The fourth-order valence-corrected chi connectivity index (χ4v) is 1.75. The molecule has 7 heteroatoms. The lowest BCUT2D eigenvalue weighted by Crippen LogP contribution is -2.35. The topological polar surface area (TPSA) is 97.3 Å². The van der Waals surface area contributed by atoms with Crippen LogP contribution in [0, 0.1) is 0 Å². The molecule has 0 saturated heterocycles. The molecule has 2 rings (SSSR count). The molecule has 1 aromatic carbocycles. The first-order valence-electron chi connectivity index (χ1n) is 5.63. The molecular formula is C11H15N5O2. The van der Waals surface area contributed by atoms with Crippen molar-refractivity contribution < 1.29 is 9.42 Å². The van der Waals surface area contributed by atoms with Crippen LogP contribution in [0.5, 0.6) is 0 Å². The Hall–Kier alpha value is -2.31. The summed E-state index contributed by atoms with van der Waals surface area (Å²) in [7, 11) is 1.60. The van der Waals surface area contributed by atoms with Crippen molar-refractivity contribution in [2.45, 2.75) is 6.92 Å². The molecule has 0 aliphatic carbocycles. The van der Waals surface area contributed by atoms with Crippen molar-refractivity contribution in [1.29, 1.82) is 0 Å². The van der Waals surface area contributed by atoms with E-state index in [0.717, 1.165) is 5.69 Å². The maximum Gasteiger partial charge on any atom is 0.239 e. The van der Waals surface area contributed by atoms with E-state index in [-0.39, 0.29) is 12.5 Å². The van der Waals surface area contributed by atoms with Gasteiger partial charge in [0.1, 0.15) is 0 Å². The molecule has 0 aliphatic rings. The lowest BCUT2D eigenvalue weighted by Gasteiger charge is -2.22. The number of carbonyl (C=O) groups is 1. The number of carbonyl (C=O) groups excluding carboxylic acids is 1. The van der Waals surface area contributed by atoms with Crippen LogP contribution in [0.25, 0.3) is 11.0 Å². The van der Waals surface area contributed by atoms with Crippen LogP contribution in [0.1, 0.15) is 6.92 Å². The van der Waals surface area contributed by atoms with Gasteiger partial charge in [-0.2, -0.15) is 0 Å². The Morgan fingerprint density at radius 1 is 1.44 bits per heavy atom. The number of nitrogens with zero attached hydrogens (tertiary/aromatic N) is 3. The Kier molecular flexibility index (Phi) is 3.31. The van der Waals surface area contributed by atoms with Crippen molar-refractivity contribution in [2.75, 3.05) is 30.8 Å². The summed E-state index contributed by atoms with van der Waals surface area (Å²) in [5.74, 6) is -0.0710. The minimum Gasteiger partial charge on any atom is -0.397 e. The van der Waals surface area contributed by atoms with Crippen molar-refractivity contribution in [2.24, 2.45) is 0 Å². The molecule has 0 bridgehead atoms. The van der Waals surface area contributed by atoms with E-state index in [1.165, 1.54) is 0 Å². The summed E-state index contributed by atoms with van der Waals surface area (Å²) >= 11 is 0. The molecule has 3 N–H and O–H groups in total. The summed E-state index contributed by atoms with van der Waals surface area (Å²) in [6.07, 6.45) is 0. The smallest absolute Gasteiger partial charge is 0.239 e. The Morgan fingerprint density at radius 2 is 2.17 bits per heavy atom. The second-order valence-electron chi connectivity index (χ2n) is 3.82. The van der Waals surface area contributed by atoms with Crippen molar-refractivity contribution >= 4 is 28.3 Å². The predicted molar refractivity (Wildman–Crippen MR) is 68.2 cm³/mol. The number of benzene rings is 1. The second kappa shape index (κ2) is 4.91. The van der Waals surface area contributed by atoms with Crippen LogP contribution in [0.15, 0.2) is 16.8 Å². The fraction of sp³-hybridized carbons (Fsp3) is 0.364. The zero-order valence-electron chi connectivity index (χ0n) is 10.3. The van der Waals surface area contributed by atoms with Gasteiger partial charge in [0.25, 0.3) is 0 Å². The lowest BCUT2D eigenvalue weighted by molar-refractivity contribution is -0.119. The number of nitrogens with one attached hydrogen (secondary N) is 1. The molecule has 0 radical (unpaired) electrons. The first kappa shape index (κ1) is 12.2. The number of anilines is 2. The molecule has 0 atom stereocenters. The number of rotatable bonds is 4. The quantitative estimate of drug-likeness (QED) is 0.760. The van der Waals surface area contributed by atoms with E-state index in [1.807, 2.05) is 17.9 Å². The average molecular weight is 249 g/mol. The molecule has 0 unspecified atom stereocenters. The number of nitrogens with two attached hydrogens (primary N) is 1. The lowest BCUT2D eigenvalue weighted by atomic mass is 10.2. The zero-order valence-corrected chi connectivity index (χ0v) is 10.3. The Balaban J connectivity index is 2.42. The number of likely N-dealkylation sites (N-methyl/N-ethyl adjacent to an activating group) is 2. The summed E-state index contributed by atoms with van der Waals surface area (Å²) in [6.45, 7) is 2.87. The van der Waals surface area contributed by atoms with Crippen LogP contribution >= 0.6 is 0 Å². The maximum absolute atomic E-state index is 11.5. The van der Waals surface area contributed by atoms with Crippen molar-refractivity contribution in [3.05, 3.63) is 12.1 Å². The van der Waals surface area contributed by atoms with Gasteiger partial charge in [0.05, 0.1) is 17.9 Å². The van der Waals surface area contributed by atoms with Gasteiger partial charge in [-0.25, -0.2) is 4.63 Å². The van der Waals surface area contributed by atoms with E-state index in [0.29, 0.717) is 23.3 Å². The standard InChI is InChI=1S/C11H15N5O2/c1-3-16(6-9(17)13-2)8-5-4-7(12)10-11(8)15-18-14-10/h4-5H,3,6,12H2,1-2H3,(H,13,17). The third-order valence-electron chi connectivity index (χ3n) is 2.76. The van der Waals surface area contributed by atoms with Crippen molar-refractivity contribution in [3.63, 3.8) is 0 Å². The molecule has 0 aliphatic heterocycles. The van der Waals surface area contributed by atoms with Gasteiger partial charge in [0.2, 0.25) is 5.91 Å². The Morgan fingerprint density at radius 3 is 2.83 bits per heavy atom. The minimum absolute atomic E-state index is 0.0710. The highest BCUT2D eigenvalue weighted by Crippen LogP contribution is 2.27. The third-order valence-corrected chi connectivity index (χ3v) is 2.76. The number of nitrogen functional groups attached to an aromatic ring is 1. The molecule has 1 aromatic heterocycles. The van der Waals surface area contributed by atoms with Gasteiger partial charge in [0.15, 0.2) is 11.0 Å². The van der Waals surface area contributed by atoms with Crippen molar-refractivity contribution in [3.8, 4) is 0 Å². The molecule has 7 nitrogen and oxygen atoms in total. The van der Waals surface area contributed by atoms with Gasteiger partial charge < -0.3 is 16.0 Å². The van der Waals surface area contributed by atoms with Gasteiger partial charge in [-0.1, -0.05) is 0 Å². The van der Waals surface area contributed by atoms with E-state index < -0.39 is 0 Å². The van der Waals surface area contributed by atoms with Gasteiger partial charge in [-0.15, -0.1) is 0 Å². The molecule has 0 saturated carbocycles. The molecule has 0 spiro atoms. The second-order valence-corrected chi connectivity index (χ2v) is 3.82. The molecule has 96 valence electrons. The van der Waals surface area contributed by atoms with E-state index in [1.54, 1.807) is 13.1 Å². The Labute approximate surface area is 104 Å². The molecular weight excluding hydrogens is 234 g/mol. The number of fused-ring (bicyclic) bond motifs is 1. The average Bonchev–Trinajstić information content (AvgIpc) is 2.86. The van der Waals surface area contributed by atoms with Crippen LogP contribution in [0.2, 0.25) is 0 Å². The van der Waals surface area contributed by atoms with Gasteiger partial charge in [-0.3, -0.25) is 4.79 Å². The van der Waals surface area contributed by atoms with Crippen LogP contribution in [-0.2, 0) is 4.79 Å². The van der Waals surface area contributed by atoms with Crippen LogP contribution < -0.4 is 16.0 Å². The largest absolute Gasteiger partial charge is 0.397 e. The Bertz CT molecular complexity index is 566. The van der Waals surface area contributed by atoms with Gasteiger partial charge in [0, 0.05) is 13.6 Å². The van der Waals surface area contributed by atoms with Gasteiger partial charge in [-0.05, 0) is 29.4 Å². The summed E-state index contributed by atoms with van der Waals surface area (Å²) in [4.78, 5) is 13.3. The molecule has 18 heavy (non-hydrogen) atoms. The predicted octanol–water partition coefficient (Wildman–Crippen LogP) is 0.377. The van der Waals surface area contributed by atoms with Crippen LogP contribution in [0.3, 0.4) is 0 Å².